The maximum absolute atomic E-state index is 11.4. The summed E-state index contributed by atoms with van der Waals surface area (Å²) < 4.78 is 22.8. The maximum Gasteiger partial charge on any atom is 0.326 e. The first-order valence-corrected chi connectivity index (χ1v) is 7.23. The molecule has 2 aromatic rings. The summed E-state index contributed by atoms with van der Waals surface area (Å²) in [5.74, 6) is -0.496. The smallest absolute Gasteiger partial charge is 0.326 e. The van der Waals surface area contributed by atoms with Gasteiger partial charge in [0.1, 0.15) is 5.69 Å². The Bertz CT molecular complexity index is 763. The summed E-state index contributed by atoms with van der Waals surface area (Å²) in [6.07, 6.45) is 0. The second-order valence-corrected chi connectivity index (χ2v) is 6.35. The van der Waals surface area contributed by atoms with Gasteiger partial charge in [-0.1, -0.05) is 11.6 Å². The molecule has 3 N–H and O–H groups in total. The SMILES string of the molecule is O=c1[nH]c(O)c(-c2cc(Cl)ccc2S(=O)(=O)Cl)[nH]1. The van der Waals surface area contributed by atoms with E-state index in [4.69, 9.17) is 22.3 Å². The van der Waals surface area contributed by atoms with Crippen molar-refractivity contribution >= 4 is 31.3 Å². The lowest BCUT2D eigenvalue weighted by Gasteiger charge is -2.05. The standard InChI is InChI=1S/C9H6Cl2N2O4S/c10-4-1-2-6(18(11,16)17)5(3-4)7-8(14)13-9(15)12-7/h1-3,14H,(H2,12,13,15). The molecular weight excluding hydrogens is 303 g/mol. The fourth-order valence-corrected chi connectivity index (χ4v) is 2.71. The minimum absolute atomic E-state index is 0.00773. The van der Waals surface area contributed by atoms with E-state index in [0.717, 1.165) is 0 Å². The van der Waals surface area contributed by atoms with Crippen LogP contribution in [0.1, 0.15) is 0 Å². The second kappa shape index (κ2) is 4.34. The monoisotopic (exact) mass is 308 g/mol. The van der Waals surface area contributed by atoms with Crippen LogP contribution in [0.4, 0.5) is 0 Å². The number of halogens is 2. The summed E-state index contributed by atoms with van der Waals surface area (Å²) in [6, 6.07) is 3.79. The Kier molecular flexibility index (Phi) is 3.14. The van der Waals surface area contributed by atoms with Crippen LogP contribution in [0.15, 0.2) is 27.9 Å². The van der Waals surface area contributed by atoms with Gasteiger partial charge in [0.15, 0.2) is 0 Å². The van der Waals surface area contributed by atoms with Crippen LogP contribution in [-0.4, -0.2) is 23.5 Å². The molecule has 0 saturated carbocycles. The Morgan fingerprint density at radius 1 is 1.22 bits per heavy atom. The third-order valence-electron chi connectivity index (χ3n) is 2.18. The minimum atomic E-state index is -4.04. The largest absolute Gasteiger partial charge is 0.493 e. The van der Waals surface area contributed by atoms with Crippen molar-refractivity contribution in [1.29, 1.82) is 0 Å². The van der Waals surface area contributed by atoms with E-state index in [-0.39, 0.29) is 21.2 Å². The second-order valence-electron chi connectivity index (χ2n) is 3.38. The zero-order valence-corrected chi connectivity index (χ0v) is 10.9. The van der Waals surface area contributed by atoms with Crippen LogP contribution in [0.5, 0.6) is 5.88 Å². The van der Waals surface area contributed by atoms with Crippen LogP contribution in [0.3, 0.4) is 0 Å². The van der Waals surface area contributed by atoms with Crippen molar-refractivity contribution in [3.05, 3.63) is 33.7 Å². The summed E-state index contributed by atoms with van der Waals surface area (Å²) in [4.78, 5) is 15.1. The lowest BCUT2D eigenvalue weighted by Crippen LogP contribution is -2.01. The van der Waals surface area contributed by atoms with Crippen molar-refractivity contribution in [1.82, 2.24) is 9.97 Å². The van der Waals surface area contributed by atoms with Crippen molar-refractivity contribution in [2.75, 3.05) is 0 Å². The molecular formula is C9H6Cl2N2O4S. The molecule has 0 aliphatic heterocycles. The van der Waals surface area contributed by atoms with Gasteiger partial charge in [-0.2, -0.15) is 0 Å². The first kappa shape index (κ1) is 13.0. The van der Waals surface area contributed by atoms with Crippen LogP contribution < -0.4 is 5.69 Å². The first-order valence-electron chi connectivity index (χ1n) is 4.55. The number of aromatic hydroxyl groups is 1. The van der Waals surface area contributed by atoms with Gasteiger partial charge in [0.25, 0.3) is 9.05 Å². The summed E-state index contributed by atoms with van der Waals surface area (Å²) >= 11 is 5.75. The number of aromatic amines is 2. The number of imidazole rings is 1. The van der Waals surface area contributed by atoms with Crippen LogP contribution in [0, 0.1) is 0 Å². The van der Waals surface area contributed by atoms with E-state index in [0.29, 0.717) is 0 Å². The molecule has 0 fully saturated rings. The molecule has 6 nitrogen and oxygen atoms in total. The molecule has 96 valence electrons. The molecule has 0 saturated heterocycles. The average molecular weight is 309 g/mol. The molecule has 1 heterocycles. The minimum Gasteiger partial charge on any atom is -0.493 e. The average Bonchev–Trinajstić information content (AvgIpc) is 2.55. The maximum atomic E-state index is 11.4. The molecule has 0 aliphatic carbocycles. The Balaban J connectivity index is 2.82. The Morgan fingerprint density at radius 3 is 2.39 bits per heavy atom. The van der Waals surface area contributed by atoms with E-state index >= 15 is 0 Å². The zero-order chi connectivity index (χ0) is 13.5. The molecule has 0 aliphatic rings. The van der Waals surface area contributed by atoms with Gasteiger partial charge >= 0.3 is 5.69 Å². The van der Waals surface area contributed by atoms with Gasteiger partial charge < -0.3 is 10.1 Å². The number of hydrogen-bond acceptors (Lipinski definition) is 4. The Labute approximate surface area is 111 Å². The highest BCUT2D eigenvalue weighted by Gasteiger charge is 2.20. The van der Waals surface area contributed by atoms with E-state index < -0.39 is 20.6 Å². The highest BCUT2D eigenvalue weighted by molar-refractivity contribution is 8.13. The number of H-pyrrole nitrogens is 2. The number of aromatic nitrogens is 2. The summed E-state index contributed by atoms with van der Waals surface area (Å²) in [5, 5.41) is 9.73. The molecule has 0 radical (unpaired) electrons. The molecule has 0 atom stereocenters. The number of hydrogen-bond donors (Lipinski definition) is 3. The van der Waals surface area contributed by atoms with Gasteiger partial charge in [0.05, 0.1) is 4.90 Å². The third-order valence-corrected chi connectivity index (χ3v) is 3.80. The Morgan fingerprint density at radius 2 is 1.89 bits per heavy atom. The summed E-state index contributed by atoms with van der Waals surface area (Å²) in [7, 11) is 1.23. The zero-order valence-electron chi connectivity index (χ0n) is 8.57. The summed E-state index contributed by atoms with van der Waals surface area (Å²) in [5.41, 5.74) is -0.768. The number of nitrogens with one attached hydrogen (secondary N) is 2. The van der Waals surface area contributed by atoms with Crippen molar-refractivity contribution in [3.63, 3.8) is 0 Å². The van der Waals surface area contributed by atoms with Crippen molar-refractivity contribution < 1.29 is 13.5 Å². The quantitative estimate of drug-likeness (QED) is 0.734. The molecule has 1 aromatic heterocycles. The first-order chi connectivity index (χ1) is 8.29. The van der Waals surface area contributed by atoms with Gasteiger partial charge in [0.2, 0.25) is 5.88 Å². The van der Waals surface area contributed by atoms with E-state index in [1.54, 1.807) is 0 Å². The van der Waals surface area contributed by atoms with E-state index in [1.165, 1.54) is 18.2 Å². The van der Waals surface area contributed by atoms with Crippen LogP contribution >= 0.6 is 22.3 Å². The van der Waals surface area contributed by atoms with Crippen molar-refractivity contribution in [3.8, 4) is 17.1 Å². The normalized spacial score (nSPS) is 11.7. The molecule has 2 rings (SSSR count). The van der Waals surface area contributed by atoms with Gasteiger partial charge in [-0.3, -0.25) is 4.98 Å². The van der Waals surface area contributed by atoms with Gasteiger partial charge in [-0.25, -0.2) is 13.2 Å². The molecule has 9 heteroatoms. The topological polar surface area (TPSA) is 103 Å². The fourth-order valence-electron chi connectivity index (χ4n) is 1.48. The van der Waals surface area contributed by atoms with E-state index in [9.17, 15) is 18.3 Å². The lowest BCUT2D eigenvalue weighted by atomic mass is 10.1. The van der Waals surface area contributed by atoms with E-state index in [2.05, 4.69) is 9.97 Å². The number of benzene rings is 1. The molecule has 0 unspecified atom stereocenters. The highest BCUT2D eigenvalue weighted by atomic mass is 35.7. The predicted octanol–water partition coefficient (Wildman–Crippen LogP) is 1.66. The van der Waals surface area contributed by atoms with Crippen LogP contribution in [0.25, 0.3) is 11.3 Å². The van der Waals surface area contributed by atoms with Gasteiger partial charge in [0, 0.05) is 21.3 Å². The van der Waals surface area contributed by atoms with E-state index in [1.807, 2.05) is 0 Å². The van der Waals surface area contributed by atoms with Crippen LogP contribution in [-0.2, 0) is 9.05 Å². The summed E-state index contributed by atoms with van der Waals surface area (Å²) in [6.45, 7) is 0. The lowest BCUT2D eigenvalue weighted by molar-refractivity contribution is 0.457. The Hall–Kier alpha value is -1.44. The molecule has 1 aromatic carbocycles. The highest BCUT2D eigenvalue weighted by Crippen LogP contribution is 2.33. The van der Waals surface area contributed by atoms with Gasteiger partial charge in [-0.05, 0) is 18.2 Å². The third kappa shape index (κ3) is 2.38. The van der Waals surface area contributed by atoms with Gasteiger partial charge in [-0.15, -0.1) is 0 Å². The van der Waals surface area contributed by atoms with Crippen molar-refractivity contribution in [2.24, 2.45) is 0 Å². The molecule has 0 amide bonds. The molecule has 0 spiro atoms. The number of rotatable bonds is 2. The predicted molar refractivity (Wildman–Crippen MR) is 66.6 cm³/mol. The van der Waals surface area contributed by atoms with Crippen LogP contribution in [0.2, 0.25) is 5.02 Å². The fraction of sp³-hybridized carbons (Fsp3) is 0. The molecule has 18 heavy (non-hydrogen) atoms. The van der Waals surface area contributed by atoms with Crippen molar-refractivity contribution in [2.45, 2.75) is 4.90 Å². The molecule has 0 bridgehead atoms.